The Morgan fingerprint density at radius 1 is 0.943 bits per heavy atom. The van der Waals surface area contributed by atoms with Crippen LogP contribution in [-0.4, -0.2) is 28.5 Å². The van der Waals surface area contributed by atoms with E-state index in [2.05, 4.69) is 51.2 Å². The second-order valence-corrected chi connectivity index (χ2v) is 9.67. The minimum absolute atomic E-state index is 0.0145. The SMILES string of the molecule is O=C(NCc1ccc(F)cc1)C1CCN(Cc2cc3ccccc3n2Cc2ccccc2Cl)CC1. The summed E-state index contributed by atoms with van der Waals surface area (Å²) in [7, 11) is 0. The highest BCUT2D eigenvalue weighted by molar-refractivity contribution is 6.31. The molecule has 5 rings (SSSR count). The van der Waals surface area contributed by atoms with E-state index in [1.54, 1.807) is 12.1 Å². The van der Waals surface area contributed by atoms with Gasteiger partial charge in [0.25, 0.3) is 0 Å². The smallest absolute Gasteiger partial charge is 0.223 e. The molecule has 1 N–H and O–H groups in total. The molecule has 1 amide bonds. The topological polar surface area (TPSA) is 37.3 Å². The predicted molar refractivity (Wildman–Crippen MR) is 139 cm³/mol. The summed E-state index contributed by atoms with van der Waals surface area (Å²) >= 11 is 6.48. The van der Waals surface area contributed by atoms with Crippen LogP contribution in [0.15, 0.2) is 78.9 Å². The Labute approximate surface area is 210 Å². The average Bonchev–Trinajstić information content (AvgIpc) is 3.22. The number of rotatable bonds is 7. The first kappa shape index (κ1) is 23.6. The van der Waals surface area contributed by atoms with E-state index in [4.69, 9.17) is 11.6 Å². The molecule has 0 spiro atoms. The quantitative estimate of drug-likeness (QED) is 0.345. The van der Waals surface area contributed by atoms with Crippen LogP contribution in [0.2, 0.25) is 5.02 Å². The van der Waals surface area contributed by atoms with Gasteiger partial charge in [0.15, 0.2) is 0 Å². The lowest BCUT2D eigenvalue weighted by Gasteiger charge is -2.31. The normalized spacial score (nSPS) is 14.9. The molecule has 3 aromatic carbocycles. The summed E-state index contributed by atoms with van der Waals surface area (Å²) in [4.78, 5) is 15.1. The van der Waals surface area contributed by atoms with Crippen LogP contribution in [-0.2, 0) is 24.4 Å². The Hall–Kier alpha value is -3.15. The monoisotopic (exact) mass is 489 g/mol. The van der Waals surface area contributed by atoms with E-state index < -0.39 is 0 Å². The lowest BCUT2D eigenvalue weighted by atomic mass is 9.95. The number of likely N-dealkylation sites (tertiary alicyclic amines) is 1. The van der Waals surface area contributed by atoms with Gasteiger partial charge in [-0.25, -0.2) is 4.39 Å². The molecular weight excluding hydrogens is 461 g/mol. The van der Waals surface area contributed by atoms with Crippen molar-refractivity contribution in [2.24, 2.45) is 5.92 Å². The summed E-state index contributed by atoms with van der Waals surface area (Å²) in [6.45, 7) is 3.75. The number of nitrogens with zero attached hydrogens (tertiary/aromatic N) is 2. The van der Waals surface area contributed by atoms with E-state index in [0.717, 1.165) is 55.2 Å². The lowest BCUT2D eigenvalue weighted by Crippen LogP contribution is -2.40. The van der Waals surface area contributed by atoms with Crippen LogP contribution in [0.3, 0.4) is 0 Å². The zero-order valence-corrected chi connectivity index (χ0v) is 20.3. The van der Waals surface area contributed by atoms with Gasteiger partial charge in [-0.1, -0.05) is 60.1 Å². The number of hydrogen-bond donors (Lipinski definition) is 1. The first-order chi connectivity index (χ1) is 17.1. The molecule has 1 fully saturated rings. The molecule has 35 heavy (non-hydrogen) atoms. The third-order valence-corrected chi connectivity index (χ3v) is 7.28. The standard InChI is InChI=1S/C29H29ClFN3O/c30-27-7-3-1-6-24(27)19-34-26(17-23-5-2-4-8-28(23)34)20-33-15-13-22(14-16-33)29(35)32-18-21-9-11-25(31)12-10-21/h1-12,17,22H,13-16,18-20H2,(H,32,35). The molecule has 0 saturated carbocycles. The van der Waals surface area contributed by atoms with Crippen molar-refractivity contribution in [3.05, 3.63) is 107 Å². The van der Waals surface area contributed by atoms with Gasteiger partial charge in [0, 0.05) is 41.8 Å². The van der Waals surface area contributed by atoms with Crippen LogP contribution >= 0.6 is 11.6 Å². The molecule has 1 aliphatic heterocycles. The van der Waals surface area contributed by atoms with E-state index in [-0.39, 0.29) is 17.6 Å². The van der Waals surface area contributed by atoms with Crippen LogP contribution < -0.4 is 5.32 Å². The maximum absolute atomic E-state index is 13.1. The fraction of sp³-hybridized carbons (Fsp3) is 0.276. The first-order valence-corrected chi connectivity index (χ1v) is 12.5. The lowest BCUT2D eigenvalue weighted by molar-refractivity contribution is -0.126. The van der Waals surface area contributed by atoms with Crippen molar-refractivity contribution in [3.63, 3.8) is 0 Å². The van der Waals surface area contributed by atoms with Crippen LogP contribution in [0, 0.1) is 11.7 Å². The van der Waals surface area contributed by atoms with E-state index in [9.17, 15) is 9.18 Å². The number of para-hydroxylation sites is 1. The predicted octanol–water partition coefficient (Wildman–Crippen LogP) is 6.01. The number of benzene rings is 3. The third-order valence-electron chi connectivity index (χ3n) is 6.91. The first-order valence-electron chi connectivity index (χ1n) is 12.1. The molecule has 6 heteroatoms. The van der Waals surface area contributed by atoms with Gasteiger partial charge in [0.05, 0.1) is 0 Å². The molecule has 2 heterocycles. The van der Waals surface area contributed by atoms with Gasteiger partial charge in [0.1, 0.15) is 5.82 Å². The summed E-state index contributed by atoms with van der Waals surface area (Å²) in [5.41, 5.74) is 4.47. The van der Waals surface area contributed by atoms with Crippen molar-refractivity contribution in [1.82, 2.24) is 14.8 Å². The molecule has 1 aliphatic rings. The average molecular weight is 490 g/mol. The Morgan fingerprint density at radius 3 is 2.43 bits per heavy atom. The van der Waals surface area contributed by atoms with Gasteiger partial charge in [-0.05, 0) is 72.8 Å². The molecule has 4 aromatic rings. The number of fused-ring (bicyclic) bond motifs is 1. The van der Waals surface area contributed by atoms with Gasteiger partial charge in [0.2, 0.25) is 5.91 Å². The minimum atomic E-state index is -0.265. The van der Waals surface area contributed by atoms with Gasteiger partial charge in [-0.2, -0.15) is 0 Å². The fourth-order valence-electron chi connectivity index (χ4n) is 4.90. The molecule has 0 radical (unpaired) electrons. The summed E-state index contributed by atoms with van der Waals surface area (Å²) in [6, 6.07) is 25.0. The molecule has 1 aromatic heterocycles. The summed E-state index contributed by atoms with van der Waals surface area (Å²) in [6.07, 6.45) is 1.67. The van der Waals surface area contributed by atoms with Crippen molar-refractivity contribution in [2.45, 2.75) is 32.5 Å². The maximum atomic E-state index is 13.1. The maximum Gasteiger partial charge on any atom is 0.223 e. The number of carbonyl (C=O) groups excluding carboxylic acids is 1. The molecule has 0 aliphatic carbocycles. The van der Waals surface area contributed by atoms with Crippen molar-refractivity contribution >= 4 is 28.4 Å². The van der Waals surface area contributed by atoms with Crippen molar-refractivity contribution in [2.75, 3.05) is 13.1 Å². The highest BCUT2D eigenvalue weighted by Crippen LogP contribution is 2.26. The summed E-state index contributed by atoms with van der Waals surface area (Å²) in [5.74, 6) is -0.166. The van der Waals surface area contributed by atoms with Gasteiger partial charge in [-0.3, -0.25) is 9.69 Å². The number of aromatic nitrogens is 1. The number of hydrogen-bond acceptors (Lipinski definition) is 2. The number of amides is 1. The number of nitrogens with one attached hydrogen (secondary N) is 1. The Kier molecular flexibility index (Phi) is 7.16. The molecule has 180 valence electrons. The Bertz CT molecular complexity index is 1310. The van der Waals surface area contributed by atoms with Crippen molar-refractivity contribution in [1.29, 1.82) is 0 Å². The Balaban J connectivity index is 1.22. The highest BCUT2D eigenvalue weighted by Gasteiger charge is 2.25. The number of piperidine rings is 1. The molecule has 0 bridgehead atoms. The highest BCUT2D eigenvalue weighted by atomic mass is 35.5. The van der Waals surface area contributed by atoms with Crippen LogP contribution in [0.25, 0.3) is 10.9 Å². The van der Waals surface area contributed by atoms with Crippen LogP contribution in [0.1, 0.15) is 29.7 Å². The van der Waals surface area contributed by atoms with Gasteiger partial charge < -0.3 is 9.88 Å². The molecule has 1 saturated heterocycles. The van der Waals surface area contributed by atoms with E-state index in [1.165, 1.54) is 28.7 Å². The van der Waals surface area contributed by atoms with Crippen molar-refractivity contribution < 1.29 is 9.18 Å². The number of halogens is 2. The largest absolute Gasteiger partial charge is 0.352 e. The summed E-state index contributed by atoms with van der Waals surface area (Å²) in [5, 5.41) is 5.02. The van der Waals surface area contributed by atoms with E-state index in [1.807, 2.05) is 18.2 Å². The van der Waals surface area contributed by atoms with E-state index >= 15 is 0 Å². The minimum Gasteiger partial charge on any atom is -0.352 e. The zero-order chi connectivity index (χ0) is 24.2. The second kappa shape index (κ2) is 10.6. The molecule has 4 nitrogen and oxygen atoms in total. The van der Waals surface area contributed by atoms with Crippen molar-refractivity contribution in [3.8, 4) is 0 Å². The van der Waals surface area contributed by atoms with Gasteiger partial charge in [-0.15, -0.1) is 0 Å². The second-order valence-electron chi connectivity index (χ2n) is 9.27. The molecule has 0 unspecified atom stereocenters. The fourth-order valence-corrected chi connectivity index (χ4v) is 5.10. The molecular formula is C29H29ClFN3O. The molecule has 0 atom stereocenters. The summed E-state index contributed by atoms with van der Waals surface area (Å²) < 4.78 is 15.4. The number of carbonyl (C=O) groups is 1. The Morgan fingerprint density at radius 2 is 1.66 bits per heavy atom. The van der Waals surface area contributed by atoms with Crippen LogP contribution in [0.5, 0.6) is 0 Å². The van der Waals surface area contributed by atoms with Crippen LogP contribution in [0.4, 0.5) is 4.39 Å². The third kappa shape index (κ3) is 5.58. The van der Waals surface area contributed by atoms with Gasteiger partial charge >= 0.3 is 0 Å². The zero-order valence-electron chi connectivity index (χ0n) is 19.6. The van der Waals surface area contributed by atoms with E-state index in [0.29, 0.717) is 6.54 Å².